The Morgan fingerprint density at radius 3 is 2.62 bits per heavy atom. The van der Waals surface area contributed by atoms with E-state index in [0.717, 1.165) is 12.8 Å². The Morgan fingerprint density at radius 2 is 2.08 bits per heavy atom. The summed E-state index contributed by atoms with van der Waals surface area (Å²) in [6, 6.07) is 0.236. The third-order valence-corrected chi connectivity index (χ3v) is 2.20. The average molecular weight is 187 g/mol. The van der Waals surface area contributed by atoms with Crippen LogP contribution in [0.5, 0.6) is 0 Å². The molecule has 0 heterocycles. The molecule has 13 heavy (non-hydrogen) atoms. The van der Waals surface area contributed by atoms with Crippen molar-refractivity contribution in [3.63, 3.8) is 0 Å². The molecule has 0 aromatic carbocycles. The van der Waals surface area contributed by atoms with Gasteiger partial charge in [0.05, 0.1) is 0 Å². The first-order chi connectivity index (χ1) is 6.18. The Kier molecular flexibility index (Phi) is 4.02. The summed E-state index contributed by atoms with van der Waals surface area (Å²) in [4.78, 5) is 11.0. The van der Waals surface area contributed by atoms with Crippen LogP contribution in [0.4, 0.5) is 4.79 Å². The van der Waals surface area contributed by atoms with Crippen molar-refractivity contribution < 1.29 is 14.6 Å². The summed E-state index contributed by atoms with van der Waals surface area (Å²) in [5.41, 5.74) is 0. The van der Waals surface area contributed by atoms with E-state index in [0.29, 0.717) is 0 Å². The van der Waals surface area contributed by atoms with Gasteiger partial charge in [0.25, 0.3) is 0 Å². The standard InChI is InChI=1S/C9H17NO3/c1-7(11)13-9(12)10-8-5-3-2-4-6-8/h7-8,11H,2-6H2,1H3,(H,10,12). The van der Waals surface area contributed by atoms with Crippen LogP contribution in [0, 0.1) is 0 Å². The molecule has 1 unspecified atom stereocenters. The van der Waals surface area contributed by atoms with Gasteiger partial charge in [0.2, 0.25) is 0 Å². The van der Waals surface area contributed by atoms with E-state index < -0.39 is 12.4 Å². The van der Waals surface area contributed by atoms with Gasteiger partial charge >= 0.3 is 6.09 Å². The van der Waals surface area contributed by atoms with E-state index in [1.807, 2.05) is 0 Å². The van der Waals surface area contributed by atoms with Gasteiger partial charge in [0.15, 0.2) is 6.29 Å². The van der Waals surface area contributed by atoms with Gasteiger partial charge in [0.1, 0.15) is 0 Å². The monoisotopic (exact) mass is 187 g/mol. The largest absolute Gasteiger partial charge is 0.420 e. The topological polar surface area (TPSA) is 58.6 Å². The molecule has 1 saturated carbocycles. The van der Waals surface area contributed by atoms with Crippen LogP contribution in [-0.4, -0.2) is 23.5 Å². The first-order valence-corrected chi connectivity index (χ1v) is 4.83. The van der Waals surface area contributed by atoms with Crippen molar-refractivity contribution in [3.8, 4) is 0 Å². The maximum absolute atomic E-state index is 11.0. The molecular weight excluding hydrogens is 170 g/mol. The summed E-state index contributed by atoms with van der Waals surface area (Å²) in [6.45, 7) is 1.42. The molecule has 1 fully saturated rings. The van der Waals surface area contributed by atoms with Gasteiger partial charge in [-0.15, -0.1) is 0 Å². The lowest BCUT2D eigenvalue weighted by atomic mass is 9.96. The fourth-order valence-electron chi connectivity index (χ4n) is 1.60. The van der Waals surface area contributed by atoms with Gasteiger partial charge in [-0.3, -0.25) is 0 Å². The van der Waals surface area contributed by atoms with Crippen LogP contribution >= 0.6 is 0 Å². The number of hydrogen-bond acceptors (Lipinski definition) is 3. The highest BCUT2D eigenvalue weighted by Gasteiger charge is 2.16. The van der Waals surface area contributed by atoms with E-state index in [9.17, 15) is 4.79 Å². The zero-order valence-electron chi connectivity index (χ0n) is 7.95. The number of hydrogen-bond donors (Lipinski definition) is 2. The first-order valence-electron chi connectivity index (χ1n) is 4.83. The zero-order valence-corrected chi connectivity index (χ0v) is 7.95. The molecule has 0 bridgehead atoms. The molecule has 0 aromatic rings. The molecule has 1 rings (SSSR count). The molecule has 0 aromatic heterocycles. The van der Waals surface area contributed by atoms with Gasteiger partial charge < -0.3 is 15.2 Å². The molecule has 4 heteroatoms. The second kappa shape index (κ2) is 5.07. The van der Waals surface area contributed by atoms with Crippen molar-refractivity contribution in [2.75, 3.05) is 0 Å². The van der Waals surface area contributed by atoms with Crippen LogP contribution in [0.2, 0.25) is 0 Å². The Balaban J connectivity index is 2.18. The summed E-state index contributed by atoms with van der Waals surface area (Å²) in [6.07, 6.45) is 4.10. The minimum absolute atomic E-state index is 0.236. The van der Waals surface area contributed by atoms with Crippen LogP contribution in [0.3, 0.4) is 0 Å². The quantitative estimate of drug-likeness (QED) is 0.642. The Bertz CT molecular complexity index is 164. The highest BCUT2D eigenvalue weighted by molar-refractivity contribution is 5.67. The molecule has 0 radical (unpaired) electrons. The van der Waals surface area contributed by atoms with Crippen molar-refractivity contribution in [2.45, 2.75) is 51.4 Å². The van der Waals surface area contributed by atoms with E-state index in [4.69, 9.17) is 5.11 Å². The molecule has 0 spiro atoms. The molecule has 76 valence electrons. The Labute approximate surface area is 78.3 Å². The maximum Gasteiger partial charge on any atom is 0.409 e. The van der Waals surface area contributed by atoms with Crippen LogP contribution in [0.1, 0.15) is 39.0 Å². The summed E-state index contributed by atoms with van der Waals surface area (Å²) < 4.78 is 4.56. The number of aliphatic hydroxyl groups is 1. The highest BCUT2D eigenvalue weighted by atomic mass is 16.6. The van der Waals surface area contributed by atoms with E-state index >= 15 is 0 Å². The lowest BCUT2D eigenvalue weighted by Crippen LogP contribution is -2.37. The van der Waals surface area contributed by atoms with Crippen molar-refractivity contribution in [2.24, 2.45) is 0 Å². The normalized spacial score (nSPS) is 20.8. The smallest absolute Gasteiger partial charge is 0.409 e. The van der Waals surface area contributed by atoms with E-state index in [2.05, 4.69) is 10.1 Å². The van der Waals surface area contributed by atoms with E-state index in [1.165, 1.54) is 26.2 Å². The molecular formula is C9H17NO3. The summed E-state index contributed by atoms with van der Waals surface area (Å²) in [5.74, 6) is 0. The average Bonchev–Trinajstić information content (AvgIpc) is 2.04. The number of amides is 1. The predicted molar refractivity (Wildman–Crippen MR) is 48.2 cm³/mol. The van der Waals surface area contributed by atoms with Crippen molar-refractivity contribution >= 4 is 6.09 Å². The van der Waals surface area contributed by atoms with Gasteiger partial charge in [-0.05, 0) is 19.8 Å². The fraction of sp³-hybridized carbons (Fsp3) is 0.889. The number of aliphatic hydroxyl groups excluding tert-OH is 1. The molecule has 4 nitrogen and oxygen atoms in total. The van der Waals surface area contributed by atoms with Crippen LogP contribution < -0.4 is 5.32 Å². The van der Waals surface area contributed by atoms with Crippen molar-refractivity contribution in [1.82, 2.24) is 5.32 Å². The van der Waals surface area contributed by atoms with E-state index in [1.54, 1.807) is 0 Å². The van der Waals surface area contributed by atoms with Crippen molar-refractivity contribution in [1.29, 1.82) is 0 Å². The van der Waals surface area contributed by atoms with Crippen molar-refractivity contribution in [3.05, 3.63) is 0 Å². The van der Waals surface area contributed by atoms with E-state index in [-0.39, 0.29) is 6.04 Å². The van der Waals surface area contributed by atoms with Gasteiger partial charge in [0, 0.05) is 6.04 Å². The minimum Gasteiger partial charge on any atom is -0.420 e. The van der Waals surface area contributed by atoms with Crippen LogP contribution in [0.15, 0.2) is 0 Å². The first kappa shape index (κ1) is 10.3. The Morgan fingerprint density at radius 1 is 1.46 bits per heavy atom. The summed E-state index contributed by atoms with van der Waals surface area (Å²) in [5, 5.41) is 11.5. The molecule has 2 N–H and O–H groups in total. The highest BCUT2D eigenvalue weighted by Crippen LogP contribution is 2.17. The number of rotatable bonds is 2. The summed E-state index contributed by atoms with van der Waals surface area (Å²) >= 11 is 0. The minimum atomic E-state index is -1.02. The number of ether oxygens (including phenoxy) is 1. The maximum atomic E-state index is 11.0. The molecule has 1 atom stereocenters. The van der Waals surface area contributed by atoms with Crippen LogP contribution in [-0.2, 0) is 4.74 Å². The zero-order chi connectivity index (χ0) is 9.68. The third-order valence-electron chi connectivity index (χ3n) is 2.20. The second-order valence-electron chi connectivity index (χ2n) is 3.48. The lowest BCUT2D eigenvalue weighted by molar-refractivity contribution is -0.0384. The molecule has 1 aliphatic rings. The number of carbonyl (C=O) groups excluding carboxylic acids is 1. The SMILES string of the molecule is CC(O)OC(=O)NC1CCCCC1. The molecule has 0 saturated heterocycles. The fourth-order valence-corrected chi connectivity index (χ4v) is 1.60. The predicted octanol–water partition coefficient (Wildman–Crippen LogP) is 1.38. The Hall–Kier alpha value is -0.770. The number of nitrogens with one attached hydrogen (secondary N) is 1. The van der Waals surface area contributed by atoms with Gasteiger partial charge in [-0.2, -0.15) is 0 Å². The number of alkyl carbamates (subject to hydrolysis) is 1. The number of carbonyl (C=O) groups is 1. The molecule has 1 amide bonds. The van der Waals surface area contributed by atoms with Gasteiger partial charge in [-0.1, -0.05) is 19.3 Å². The summed E-state index contributed by atoms with van der Waals surface area (Å²) in [7, 11) is 0. The second-order valence-corrected chi connectivity index (χ2v) is 3.48. The third kappa shape index (κ3) is 4.12. The molecule has 1 aliphatic carbocycles. The van der Waals surface area contributed by atoms with Crippen LogP contribution in [0.25, 0.3) is 0 Å². The van der Waals surface area contributed by atoms with Gasteiger partial charge in [-0.25, -0.2) is 4.79 Å². The molecule has 0 aliphatic heterocycles. The lowest BCUT2D eigenvalue weighted by Gasteiger charge is -2.22.